The minimum Gasteiger partial charge on any atom is -0.479 e. The van der Waals surface area contributed by atoms with Gasteiger partial charge in [0.15, 0.2) is 23.4 Å². The van der Waals surface area contributed by atoms with Gasteiger partial charge in [-0.3, -0.25) is 9.59 Å². The number of para-hydroxylation sites is 2. The van der Waals surface area contributed by atoms with E-state index in [0.29, 0.717) is 17.2 Å². The van der Waals surface area contributed by atoms with Crippen LogP contribution in [0.25, 0.3) is 0 Å². The molecule has 0 spiro atoms. The van der Waals surface area contributed by atoms with Gasteiger partial charge in [0.1, 0.15) is 5.75 Å². The number of ketones is 1. The molecule has 5 heteroatoms. The normalized spacial score (nSPS) is 13.0. The van der Waals surface area contributed by atoms with E-state index in [4.69, 9.17) is 15.2 Å². The van der Waals surface area contributed by atoms with Crippen molar-refractivity contribution in [3.8, 4) is 17.2 Å². The number of benzene rings is 2. The monoisotopic (exact) mass is 327 g/mol. The summed E-state index contributed by atoms with van der Waals surface area (Å²) in [5.41, 5.74) is 6.30. The lowest BCUT2D eigenvalue weighted by Crippen LogP contribution is -2.36. The van der Waals surface area contributed by atoms with E-state index in [0.717, 1.165) is 5.56 Å². The Morgan fingerprint density at radius 1 is 0.958 bits per heavy atom. The summed E-state index contributed by atoms with van der Waals surface area (Å²) in [6.45, 7) is 5.05. The van der Waals surface area contributed by atoms with Crippen LogP contribution >= 0.6 is 0 Å². The molecule has 2 atom stereocenters. The highest BCUT2D eigenvalue weighted by Gasteiger charge is 2.26. The Hall–Kier alpha value is -2.82. The summed E-state index contributed by atoms with van der Waals surface area (Å²) >= 11 is 0. The van der Waals surface area contributed by atoms with Crippen molar-refractivity contribution in [1.29, 1.82) is 0 Å². The van der Waals surface area contributed by atoms with E-state index >= 15 is 0 Å². The number of ether oxygens (including phenoxy) is 2. The Labute approximate surface area is 141 Å². The van der Waals surface area contributed by atoms with E-state index < -0.39 is 17.9 Å². The zero-order chi connectivity index (χ0) is 17.7. The topological polar surface area (TPSA) is 78.6 Å². The summed E-state index contributed by atoms with van der Waals surface area (Å²) in [4.78, 5) is 23.3. The fourth-order valence-corrected chi connectivity index (χ4v) is 2.11. The lowest BCUT2D eigenvalue weighted by Gasteiger charge is -2.18. The number of aryl methyl sites for hydroxylation is 1. The number of rotatable bonds is 7. The van der Waals surface area contributed by atoms with E-state index in [9.17, 15) is 9.59 Å². The Morgan fingerprint density at radius 3 is 2.12 bits per heavy atom. The third-order valence-electron chi connectivity index (χ3n) is 3.66. The van der Waals surface area contributed by atoms with Crippen molar-refractivity contribution in [2.45, 2.75) is 26.9 Å². The predicted molar refractivity (Wildman–Crippen MR) is 91.2 cm³/mol. The van der Waals surface area contributed by atoms with Crippen molar-refractivity contribution in [3.05, 3.63) is 54.1 Å². The third-order valence-corrected chi connectivity index (χ3v) is 3.66. The fraction of sp³-hybridized carbons (Fsp3) is 0.263. The molecule has 2 unspecified atom stereocenters. The van der Waals surface area contributed by atoms with Gasteiger partial charge in [0.05, 0.1) is 5.92 Å². The summed E-state index contributed by atoms with van der Waals surface area (Å²) in [7, 11) is 0. The average Bonchev–Trinajstić information content (AvgIpc) is 2.57. The molecule has 1 amide bonds. The molecule has 0 heterocycles. The first-order valence-electron chi connectivity index (χ1n) is 7.71. The number of carbonyl (C=O) groups excluding carboxylic acids is 2. The summed E-state index contributed by atoms with van der Waals surface area (Å²) in [5.74, 6) is -0.345. The van der Waals surface area contributed by atoms with Gasteiger partial charge in [-0.25, -0.2) is 0 Å². The van der Waals surface area contributed by atoms with Gasteiger partial charge < -0.3 is 15.2 Å². The molecule has 0 aromatic heterocycles. The Morgan fingerprint density at radius 2 is 1.54 bits per heavy atom. The highest BCUT2D eigenvalue weighted by molar-refractivity contribution is 6.02. The van der Waals surface area contributed by atoms with Crippen LogP contribution < -0.4 is 15.2 Å². The van der Waals surface area contributed by atoms with Gasteiger partial charge in [-0.2, -0.15) is 0 Å². The van der Waals surface area contributed by atoms with Crippen LogP contribution in [-0.2, 0) is 9.59 Å². The van der Waals surface area contributed by atoms with E-state index in [1.807, 2.05) is 37.3 Å². The first-order valence-corrected chi connectivity index (χ1v) is 7.71. The van der Waals surface area contributed by atoms with Crippen molar-refractivity contribution in [1.82, 2.24) is 0 Å². The smallest absolute Gasteiger partial charge is 0.227 e. The molecular weight excluding hydrogens is 306 g/mol. The number of amides is 1. The van der Waals surface area contributed by atoms with Crippen LogP contribution in [0.3, 0.4) is 0 Å². The van der Waals surface area contributed by atoms with Crippen molar-refractivity contribution in [2.75, 3.05) is 0 Å². The lowest BCUT2D eigenvalue weighted by molar-refractivity contribution is -0.135. The number of hydrogen-bond acceptors (Lipinski definition) is 4. The van der Waals surface area contributed by atoms with E-state index in [-0.39, 0.29) is 5.78 Å². The molecule has 2 aromatic rings. The van der Waals surface area contributed by atoms with Crippen LogP contribution in [0.15, 0.2) is 48.5 Å². The molecule has 2 rings (SSSR count). The zero-order valence-electron chi connectivity index (χ0n) is 14.0. The maximum absolute atomic E-state index is 12.1. The highest BCUT2D eigenvalue weighted by atomic mass is 16.5. The Kier molecular flexibility index (Phi) is 5.58. The molecule has 0 bridgehead atoms. The lowest BCUT2D eigenvalue weighted by atomic mass is 10.0. The summed E-state index contributed by atoms with van der Waals surface area (Å²) < 4.78 is 11.5. The maximum Gasteiger partial charge on any atom is 0.227 e. The predicted octanol–water partition coefficient (Wildman–Crippen LogP) is 3.25. The van der Waals surface area contributed by atoms with Crippen molar-refractivity contribution >= 4 is 11.7 Å². The van der Waals surface area contributed by atoms with Crippen LogP contribution in [0, 0.1) is 12.8 Å². The second kappa shape index (κ2) is 7.64. The standard InChI is InChI=1S/C19H21NO4/c1-12-8-10-15(11-9-12)24-17-7-5-4-6-16(17)23-14(3)18(21)13(2)19(20)22/h4-11,13-14H,1-3H3,(H2,20,22). The Balaban J connectivity index is 2.15. The highest BCUT2D eigenvalue weighted by Crippen LogP contribution is 2.32. The second-order valence-corrected chi connectivity index (χ2v) is 5.65. The number of nitrogens with two attached hydrogens (primary N) is 1. The molecule has 0 aliphatic carbocycles. The molecule has 2 aromatic carbocycles. The molecule has 0 aliphatic rings. The summed E-state index contributed by atoms with van der Waals surface area (Å²) in [6, 6.07) is 14.7. The number of hydrogen-bond donors (Lipinski definition) is 1. The average molecular weight is 327 g/mol. The molecule has 0 aliphatic heterocycles. The minimum absolute atomic E-state index is 0.368. The molecule has 126 valence electrons. The summed E-state index contributed by atoms with van der Waals surface area (Å²) in [5, 5.41) is 0. The quantitative estimate of drug-likeness (QED) is 0.792. The molecule has 5 nitrogen and oxygen atoms in total. The number of primary amides is 1. The zero-order valence-corrected chi connectivity index (χ0v) is 14.0. The van der Waals surface area contributed by atoms with Crippen LogP contribution in [-0.4, -0.2) is 17.8 Å². The molecule has 0 saturated heterocycles. The minimum atomic E-state index is -0.898. The van der Waals surface area contributed by atoms with E-state index in [1.165, 1.54) is 6.92 Å². The number of Topliss-reactive ketones (excluding diaryl/α,β-unsaturated/α-hetero) is 1. The second-order valence-electron chi connectivity index (χ2n) is 5.65. The van der Waals surface area contributed by atoms with Gasteiger partial charge in [0, 0.05) is 0 Å². The van der Waals surface area contributed by atoms with Gasteiger partial charge in [0.25, 0.3) is 0 Å². The van der Waals surface area contributed by atoms with Crippen molar-refractivity contribution < 1.29 is 19.1 Å². The van der Waals surface area contributed by atoms with Gasteiger partial charge in [0.2, 0.25) is 5.91 Å². The summed E-state index contributed by atoms with van der Waals surface area (Å²) in [6.07, 6.45) is -0.810. The van der Waals surface area contributed by atoms with E-state index in [2.05, 4.69) is 0 Å². The van der Waals surface area contributed by atoms with Crippen LogP contribution in [0.4, 0.5) is 0 Å². The van der Waals surface area contributed by atoms with Crippen LogP contribution in [0.1, 0.15) is 19.4 Å². The van der Waals surface area contributed by atoms with Gasteiger partial charge in [-0.15, -0.1) is 0 Å². The molecule has 2 N–H and O–H groups in total. The molecular formula is C19H21NO4. The molecule has 24 heavy (non-hydrogen) atoms. The van der Waals surface area contributed by atoms with Crippen molar-refractivity contribution in [2.24, 2.45) is 11.7 Å². The largest absolute Gasteiger partial charge is 0.479 e. The van der Waals surface area contributed by atoms with Gasteiger partial charge in [-0.1, -0.05) is 29.8 Å². The first kappa shape index (κ1) is 17.5. The fourth-order valence-electron chi connectivity index (χ4n) is 2.11. The Bertz CT molecular complexity index is 724. The van der Waals surface area contributed by atoms with Crippen LogP contribution in [0.5, 0.6) is 17.2 Å². The van der Waals surface area contributed by atoms with Crippen LogP contribution in [0.2, 0.25) is 0 Å². The molecule has 0 radical (unpaired) electrons. The van der Waals surface area contributed by atoms with Gasteiger partial charge >= 0.3 is 0 Å². The molecule has 0 saturated carbocycles. The molecule has 0 fully saturated rings. The third kappa shape index (κ3) is 4.35. The van der Waals surface area contributed by atoms with Crippen molar-refractivity contribution in [3.63, 3.8) is 0 Å². The first-order chi connectivity index (χ1) is 11.4. The van der Waals surface area contributed by atoms with Gasteiger partial charge in [-0.05, 0) is 45.0 Å². The van der Waals surface area contributed by atoms with E-state index in [1.54, 1.807) is 25.1 Å². The maximum atomic E-state index is 12.1. The number of carbonyl (C=O) groups is 2. The SMILES string of the molecule is Cc1ccc(Oc2ccccc2OC(C)C(=O)C(C)C(N)=O)cc1.